The molecule has 5 nitrogen and oxygen atoms in total. The number of aryl methyl sites for hydroxylation is 1. The maximum atomic E-state index is 12.2. The summed E-state index contributed by atoms with van der Waals surface area (Å²) < 4.78 is 5.08. The number of aromatic nitrogens is 1. The molecule has 0 aliphatic carbocycles. The van der Waals surface area contributed by atoms with Crippen LogP contribution in [0.25, 0.3) is 10.8 Å². The molecule has 1 aromatic heterocycles. The minimum Gasteiger partial charge on any atom is -0.451 e. The molecule has 0 unspecified atom stereocenters. The molecule has 0 fully saturated rings. The number of benzene rings is 2. The summed E-state index contributed by atoms with van der Waals surface area (Å²) >= 11 is 0. The molecule has 5 heteroatoms. The summed E-state index contributed by atoms with van der Waals surface area (Å²) in [5.41, 5.74) is 1.96. The highest BCUT2D eigenvalue weighted by molar-refractivity contribution is 6.03. The number of hydrogen-bond acceptors (Lipinski definition) is 4. The van der Waals surface area contributed by atoms with Gasteiger partial charge < -0.3 is 10.1 Å². The molecule has 0 saturated carbocycles. The predicted molar refractivity (Wildman–Crippen MR) is 91.8 cm³/mol. The van der Waals surface area contributed by atoms with Crippen LogP contribution in [0.4, 0.5) is 5.69 Å². The molecule has 2 aromatic carbocycles. The Balaban J connectivity index is 1.64. The van der Waals surface area contributed by atoms with Crippen LogP contribution in [-0.4, -0.2) is 23.5 Å². The number of hydrogen-bond donors (Lipinski definition) is 1. The normalized spacial score (nSPS) is 10.4. The SMILES string of the molecule is Cc1ccc(NC(=O)COC(=O)c2nccc3ccccc23)cc1. The van der Waals surface area contributed by atoms with Crippen LogP contribution >= 0.6 is 0 Å². The number of anilines is 1. The first-order chi connectivity index (χ1) is 11.6. The fourth-order valence-corrected chi connectivity index (χ4v) is 2.32. The number of ether oxygens (including phenoxy) is 1. The molecule has 0 bridgehead atoms. The van der Waals surface area contributed by atoms with Gasteiger partial charge in [-0.1, -0.05) is 42.0 Å². The Hall–Kier alpha value is -3.21. The summed E-state index contributed by atoms with van der Waals surface area (Å²) in [5.74, 6) is -1.02. The summed E-state index contributed by atoms with van der Waals surface area (Å²) in [6.45, 7) is 1.60. The van der Waals surface area contributed by atoms with Crippen molar-refractivity contribution < 1.29 is 14.3 Å². The Morgan fingerprint density at radius 3 is 2.58 bits per heavy atom. The Labute approximate surface area is 139 Å². The summed E-state index contributed by atoms with van der Waals surface area (Å²) in [4.78, 5) is 28.2. The quantitative estimate of drug-likeness (QED) is 0.749. The van der Waals surface area contributed by atoms with E-state index in [0.717, 1.165) is 10.9 Å². The van der Waals surface area contributed by atoms with Crippen molar-refractivity contribution in [1.82, 2.24) is 4.98 Å². The van der Waals surface area contributed by atoms with Crippen molar-refractivity contribution in [3.8, 4) is 0 Å². The van der Waals surface area contributed by atoms with E-state index in [-0.39, 0.29) is 12.3 Å². The minimum absolute atomic E-state index is 0.205. The smallest absolute Gasteiger partial charge is 0.358 e. The summed E-state index contributed by atoms with van der Waals surface area (Å²) in [6, 6.07) is 16.6. The number of rotatable bonds is 4. The van der Waals surface area contributed by atoms with Crippen LogP contribution in [0, 0.1) is 6.92 Å². The lowest BCUT2D eigenvalue weighted by atomic mass is 10.1. The summed E-state index contributed by atoms with van der Waals surface area (Å²) in [7, 11) is 0. The number of amides is 1. The number of esters is 1. The largest absolute Gasteiger partial charge is 0.451 e. The van der Waals surface area contributed by atoms with E-state index in [2.05, 4.69) is 10.3 Å². The molecule has 0 atom stereocenters. The van der Waals surface area contributed by atoms with E-state index in [1.54, 1.807) is 24.4 Å². The Morgan fingerprint density at radius 2 is 1.79 bits per heavy atom. The minimum atomic E-state index is -0.620. The molecule has 0 aliphatic rings. The molecular weight excluding hydrogens is 304 g/mol. The predicted octanol–water partition coefficient (Wildman–Crippen LogP) is 3.34. The third-order valence-corrected chi connectivity index (χ3v) is 3.54. The zero-order chi connectivity index (χ0) is 16.9. The van der Waals surface area contributed by atoms with Gasteiger partial charge in [0.2, 0.25) is 0 Å². The molecule has 3 aromatic rings. The highest BCUT2D eigenvalue weighted by Gasteiger charge is 2.14. The van der Waals surface area contributed by atoms with Crippen LogP contribution in [0.2, 0.25) is 0 Å². The maximum Gasteiger partial charge on any atom is 0.358 e. The van der Waals surface area contributed by atoms with E-state index in [0.29, 0.717) is 11.1 Å². The van der Waals surface area contributed by atoms with Crippen LogP contribution in [-0.2, 0) is 9.53 Å². The van der Waals surface area contributed by atoms with Crippen LogP contribution in [0.1, 0.15) is 16.1 Å². The monoisotopic (exact) mass is 320 g/mol. The fraction of sp³-hybridized carbons (Fsp3) is 0.105. The van der Waals surface area contributed by atoms with E-state index >= 15 is 0 Å². The number of nitrogens with zero attached hydrogens (tertiary/aromatic N) is 1. The van der Waals surface area contributed by atoms with Gasteiger partial charge in [-0.3, -0.25) is 4.79 Å². The molecule has 120 valence electrons. The molecule has 3 rings (SSSR count). The zero-order valence-corrected chi connectivity index (χ0v) is 13.2. The highest BCUT2D eigenvalue weighted by atomic mass is 16.5. The third-order valence-electron chi connectivity index (χ3n) is 3.54. The number of carbonyl (C=O) groups is 2. The molecule has 0 spiro atoms. The highest BCUT2D eigenvalue weighted by Crippen LogP contribution is 2.17. The van der Waals surface area contributed by atoms with E-state index in [4.69, 9.17) is 4.74 Å². The van der Waals surface area contributed by atoms with Gasteiger partial charge in [-0.2, -0.15) is 0 Å². The molecular formula is C19H16N2O3. The second-order valence-corrected chi connectivity index (χ2v) is 5.37. The number of carbonyl (C=O) groups excluding carboxylic acids is 2. The average molecular weight is 320 g/mol. The van der Waals surface area contributed by atoms with Gasteiger partial charge >= 0.3 is 5.97 Å². The first-order valence-electron chi connectivity index (χ1n) is 7.51. The Kier molecular flexibility index (Phi) is 4.52. The topological polar surface area (TPSA) is 68.3 Å². The van der Waals surface area contributed by atoms with Gasteiger partial charge in [-0.25, -0.2) is 9.78 Å². The van der Waals surface area contributed by atoms with Crippen molar-refractivity contribution in [1.29, 1.82) is 0 Å². The van der Waals surface area contributed by atoms with Crippen molar-refractivity contribution in [2.45, 2.75) is 6.92 Å². The molecule has 1 N–H and O–H groups in total. The van der Waals surface area contributed by atoms with Crippen LogP contribution in [0.3, 0.4) is 0 Å². The van der Waals surface area contributed by atoms with E-state index in [1.807, 2.05) is 43.3 Å². The average Bonchev–Trinajstić information content (AvgIpc) is 2.61. The van der Waals surface area contributed by atoms with Crippen LogP contribution in [0.15, 0.2) is 60.8 Å². The Morgan fingerprint density at radius 1 is 1.04 bits per heavy atom. The first kappa shape index (κ1) is 15.7. The van der Waals surface area contributed by atoms with Gasteiger partial charge in [0, 0.05) is 17.3 Å². The maximum absolute atomic E-state index is 12.2. The summed E-state index contributed by atoms with van der Waals surface area (Å²) in [5, 5.41) is 4.27. The lowest BCUT2D eigenvalue weighted by Crippen LogP contribution is -2.21. The number of pyridine rings is 1. The Bertz CT molecular complexity index is 883. The van der Waals surface area contributed by atoms with Gasteiger partial charge in [0.15, 0.2) is 12.3 Å². The van der Waals surface area contributed by atoms with Crippen molar-refractivity contribution in [2.24, 2.45) is 0 Å². The van der Waals surface area contributed by atoms with Crippen molar-refractivity contribution >= 4 is 28.3 Å². The first-order valence-corrected chi connectivity index (χ1v) is 7.51. The van der Waals surface area contributed by atoms with Crippen molar-refractivity contribution in [2.75, 3.05) is 11.9 Å². The molecule has 24 heavy (non-hydrogen) atoms. The third kappa shape index (κ3) is 3.57. The zero-order valence-electron chi connectivity index (χ0n) is 13.2. The standard InChI is InChI=1S/C19H16N2O3/c1-13-6-8-15(9-7-13)21-17(22)12-24-19(23)18-16-5-3-2-4-14(16)10-11-20-18/h2-11H,12H2,1H3,(H,21,22). The van der Waals surface area contributed by atoms with E-state index in [1.165, 1.54) is 0 Å². The van der Waals surface area contributed by atoms with Gasteiger partial charge in [-0.15, -0.1) is 0 Å². The van der Waals surface area contributed by atoms with Crippen molar-refractivity contribution in [3.05, 3.63) is 72.1 Å². The second kappa shape index (κ2) is 6.91. The van der Waals surface area contributed by atoms with E-state index < -0.39 is 11.9 Å². The fourth-order valence-electron chi connectivity index (χ4n) is 2.32. The molecule has 0 radical (unpaired) electrons. The summed E-state index contributed by atoms with van der Waals surface area (Å²) in [6.07, 6.45) is 1.55. The van der Waals surface area contributed by atoms with Gasteiger partial charge in [0.25, 0.3) is 5.91 Å². The van der Waals surface area contributed by atoms with Crippen molar-refractivity contribution in [3.63, 3.8) is 0 Å². The van der Waals surface area contributed by atoms with Crippen LogP contribution < -0.4 is 5.32 Å². The van der Waals surface area contributed by atoms with Gasteiger partial charge in [0.1, 0.15) is 0 Å². The molecule has 1 heterocycles. The molecule has 0 saturated heterocycles. The molecule has 1 amide bonds. The second-order valence-electron chi connectivity index (χ2n) is 5.37. The lowest BCUT2D eigenvalue weighted by molar-refractivity contribution is -0.119. The lowest BCUT2D eigenvalue weighted by Gasteiger charge is -2.08. The number of nitrogens with one attached hydrogen (secondary N) is 1. The van der Waals surface area contributed by atoms with Crippen LogP contribution in [0.5, 0.6) is 0 Å². The van der Waals surface area contributed by atoms with E-state index in [9.17, 15) is 9.59 Å². The number of fused-ring (bicyclic) bond motifs is 1. The van der Waals surface area contributed by atoms with Gasteiger partial charge in [-0.05, 0) is 30.5 Å². The van der Waals surface area contributed by atoms with Gasteiger partial charge in [0.05, 0.1) is 0 Å². The molecule has 0 aliphatic heterocycles.